The van der Waals surface area contributed by atoms with Crippen molar-refractivity contribution in [2.45, 2.75) is 37.5 Å². The van der Waals surface area contributed by atoms with Crippen molar-refractivity contribution in [1.29, 1.82) is 0 Å². The van der Waals surface area contributed by atoms with E-state index in [-0.39, 0.29) is 5.79 Å². The highest BCUT2D eigenvalue weighted by Gasteiger charge is 2.44. The van der Waals surface area contributed by atoms with E-state index in [2.05, 4.69) is 41.3 Å². The van der Waals surface area contributed by atoms with Crippen molar-refractivity contribution in [3.8, 4) is 0 Å². The lowest BCUT2D eigenvalue weighted by molar-refractivity contribution is -0.173. The highest BCUT2D eigenvalue weighted by atomic mass is 16.7. The van der Waals surface area contributed by atoms with Crippen LogP contribution in [-0.4, -0.2) is 43.0 Å². The Morgan fingerprint density at radius 1 is 1.10 bits per heavy atom. The van der Waals surface area contributed by atoms with E-state index in [1.165, 1.54) is 30.6 Å². The summed E-state index contributed by atoms with van der Waals surface area (Å²) >= 11 is 0. The predicted octanol–water partition coefficient (Wildman–Crippen LogP) is 3.07. The van der Waals surface area contributed by atoms with Gasteiger partial charge in [0.2, 0.25) is 0 Å². The molecule has 3 aliphatic rings. The summed E-state index contributed by atoms with van der Waals surface area (Å²) in [4.78, 5) is 2.61. The number of hydrogen-bond acceptors (Lipinski definition) is 3. The first-order valence-electron chi connectivity index (χ1n) is 8.12. The van der Waals surface area contributed by atoms with E-state index in [0.29, 0.717) is 6.04 Å². The summed E-state index contributed by atoms with van der Waals surface area (Å²) in [6.45, 7) is 3.97. The van der Waals surface area contributed by atoms with E-state index >= 15 is 0 Å². The number of likely N-dealkylation sites (tertiary alicyclic amines) is 1. The number of hydrogen-bond donors (Lipinski definition) is 0. The topological polar surface area (TPSA) is 21.7 Å². The number of ether oxygens (including phenoxy) is 2. The van der Waals surface area contributed by atoms with Gasteiger partial charge in [-0.3, -0.25) is 4.90 Å². The summed E-state index contributed by atoms with van der Waals surface area (Å²) < 4.78 is 11.9. The standard InChI is InChI=1S/C18H23NO2/c1-2-5-15(6-3-1)13-16-14-18(20-11-12-21-18)8-7-17(16)19-9-4-10-19/h1-3,5-6,13,17H,4,7-12,14H2/b16-13+. The van der Waals surface area contributed by atoms with Crippen LogP contribution in [-0.2, 0) is 9.47 Å². The molecule has 1 saturated carbocycles. The molecular weight excluding hydrogens is 262 g/mol. The van der Waals surface area contributed by atoms with E-state index in [0.717, 1.165) is 32.5 Å². The molecule has 2 saturated heterocycles. The zero-order chi connectivity index (χ0) is 14.1. The maximum Gasteiger partial charge on any atom is 0.172 e. The fraction of sp³-hybridized carbons (Fsp3) is 0.556. The average Bonchev–Trinajstić information content (AvgIpc) is 2.89. The van der Waals surface area contributed by atoms with Crippen LogP contribution in [0.3, 0.4) is 0 Å². The highest BCUT2D eigenvalue weighted by molar-refractivity contribution is 5.54. The molecule has 0 aromatic heterocycles. The molecule has 2 heterocycles. The first-order chi connectivity index (χ1) is 10.3. The number of nitrogens with zero attached hydrogens (tertiary/aromatic N) is 1. The van der Waals surface area contributed by atoms with Crippen LogP contribution in [0.4, 0.5) is 0 Å². The molecule has 3 nitrogen and oxygen atoms in total. The molecule has 1 unspecified atom stereocenters. The van der Waals surface area contributed by atoms with Crippen molar-refractivity contribution in [3.05, 3.63) is 41.5 Å². The van der Waals surface area contributed by atoms with Crippen LogP contribution in [0.15, 0.2) is 35.9 Å². The smallest absolute Gasteiger partial charge is 0.172 e. The van der Waals surface area contributed by atoms with E-state index < -0.39 is 0 Å². The van der Waals surface area contributed by atoms with Crippen molar-refractivity contribution < 1.29 is 9.47 Å². The number of rotatable bonds is 2. The summed E-state index contributed by atoms with van der Waals surface area (Å²) in [6, 6.07) is 11.2. The first kappa shape index (κ1) is 13.5. The first-order valence-corrected chi connectivity index (χ1v) is 8.12. The lowest BCUT2D eigenvalue weighted by Crippen LogP contribution is -2.50. The maximum absolute atomic E-state index is 5.95. The molecule has 0 N–H and O–H groups in total. The average molecular weight is 285 g/mol. The quantitative estimate of drug-likeness (QED) is 0.833. The van der Waals surface area contributed by atoms with Gasteiger partial charge >= 0.3 is 0 Å². The summed E-state index contributed by atoms with van der Waals surface area (Å²) in [5, 5.41) is 0. The van der Waals surface area contributed by atoms with E-state index in [1.807, 2.05) is 0 Å². The second-order valence-electron chi connectivity index (χ2n) is 6.36. The summed E-state index contributed by atoms with van der Waals surface area (Å²) in [7, 11) is 0. The second-order valence-corrected chi connectivity index (χ2v) is 6.36. The van der Waals surface area contributed by atoms with Crippen LogP contribution in [0.5, 0.6) is 0 Å². The molecule has 0 amide bonds. The Balaban J connectivity index is 1.62. The van der Waals surface area contributed by atoms with Crippen molar-refractivity contribution in [1.82, 2.24) is 4.90 Å². The molecule has 1 aromatic carbocycles. The molecule has 1 aliphatic carbocycles. The molecule has 3 heteroatoms. The molecule has 0 radical (unpaired) electrons. The molecular formula is C18H23NO2. The predicted molar refractivity (Wildman–Crippen MR) is 82.9 cm³/mol. The molecule has 0 bridgehead atoms. The van der Waals surface area contributed by atoms with Crippen LogP contribution < -0.4 is 0 Å². The Bertz CT molecular complexity index is 515. The zero-order valence-electron chi connectivity index (χ0n) is 12.5. The van der Waals surface area contributed by atoms with E-state index in [4.69, 9.17) is 9.47 Å². The maximum atomic E-state index is 5.95. The molecule has 1 atom stereocenters. The molecule has 2 aliphatic heterocycles. The molecule has 112 valence electrons. The lowest BCUT2D eigenvalue weighted by atomic mass is 9.82. The molecule has 3 fully saturated rings. The van der Waals surface area contributed by atoms with Crippen molar-refractivity contribution >= 4 is 6.08 Å². The second kappa shape index (κ2) is 5.56. The van der Waals surface area contributed by atoms with Gasteiger partial charge in [-0.25, -0.2) is 0 Å². The van der Waals surface area contributed by atoms with Gasteiger partial charge in [0, 0.05) is 18.9 Å². The van der Waals surface area contributed by atoms with Crippen LogP contribution in [0.2, 0.25) is 0 Å². The summed E-state index contributed by atoms with van der Waals surface area (Å²) in [5.41, 5.74) is 2.77. The van der Waals surface area contributed by atoms with Gasteiger partial charge in [0.05, 0.1) is 13.2 Å². The molecule has 1 aromatic rings. The minimum Gasteiger partial charge on any atom is -0.347 e. The Kier molecular flexibility index (Phi) is 3.57. The largest absolute Gasteiger partial charge is 0.347 e. The van der Waals surface area contributed by atoms with Crippen LogP contribution >= 0.6 is 0 Å². The Morgan fingerprint density at radius 3 is 2.52 bits per heavy atom. The normalized spacial score (nSPS) is 30.7. The van der Waals surface area contributed by atoms with E-state index in [1.54, 1.807) is 0 Å². The minimum absolute atomic E-state index is 0.331. The molecule has 4 rings (SSSR count). The molecule has 21 heavy (non-hydrogen) atoms. The fourth-order valence-corrected chi connectivity index (χ4v) is 3.78. The third kappa shape index (κ3) is 2.66. The Morgan fingerprint density at radius 2 is 1.86 bits per heavy atom. The number of benzene rings is 1. The van der Waals surface area contributed by atoms with Gasteiger partial charge in [-0.1, -0.05) is 36.4 Å². The van der Waals surface area contributed by atoms with Crippen LogP contribution in [0, 0.1) is 0 Å². The van der Waals surface area contributed by atoms with Gasteiger partial charge in [-0.2, -0.15) is 0 Å². The van der Waals surface area contributed by atoms with Crippen molar-refractivity contribution in [2.75, 3.05) is 26.3 Å². The van der Waals surface area contributed by atoms with Gasteiger partial charge < -0.3 is 9.47 Å². The minimum atomic E-state index is -0.331. The Labute approximate surface area is 126 Å². The summed E-state index contributed by atoms with van der Waals surface area (Å²) in [5.74, 6) is -0.331. The van der Waals surface area contributed by atoms with Gasteiger partial charge in [-0.05, 0) is 37.1 Å². The zero-order valence-corrected chi connectivity index (χ0v) is 12.5. The Hall–Kier alpha value is -1.16. The summed E-state index contributed by atoms with van der Waals surface area (Å²) in [6.07, 6.45) is 6.80. The van der Waals surface area contributed by atoms with Crippen molar-refractivity contribution in [2.24, 2.45) is 0 Å². The van der Waals surface area contributed by atoms with Gasteiger partial charge in [0.25, 0.3) is 0 Å². The van der Waals surface area contributed by atoms with Gasteiger partial charge in [0.15, 0.2) is 5.79 Å². The van der Waals surface area contributed by atoms with Crippen molar-refractivity contribution in [3.63, 3.8) is 0 Å². The van der Waals surface area contributed by atoms with Crippen LogP contribution in [0.25, 0.3) is 6.08 Å². The van der Waals surface area contributed by atoms with Gasteiger partial charge in [-0.15, -0.1) is 0 Å². The van der Waals surface area contributed by atoms with E-state index in [9.17, 15) is 0 Å². The third-order valence-corrected chi connectivity index (χ3v) is 5.00. The van der Waals surface area contributed by atoms with Gasteiger partial charge in [0.1, 0.15) is 0 Å². The SMILES string of the molecule is C(=C1/CC2(CCC1N1CCC1)OCCO2)/c1ccccc1. The fourth-order valence-electron chi connectivity index (χ4n) is 3.78. The molecule has 1 spiro atoms. The van der Waals surface area contributed by atoms with Crippen LogP contribution in [0.1, 0.15) is 31.2 Å². The monoisotopic (exact) mass is 285 g/mol. The third-order valence-electron chi connectivity index (χ3n) is 5.00. The lowest BCUT2D eigenvalue weighted by Gasteiger charge is -2.45. The highest BCUT2D eigenvalue weighted by Crippen LogP contribution is 2.41.